The summed E-state index contributed by atoms with van der Waals surface area (Å²) in [6, 6.07) is -0.567. The summed E-state index contributed by atoms with van der Waals surface area (Å²) in [5, 5.41) is 23.1. The minimum atomic E-state index is -0.686. The van der Waals surface area contributed by atoms with Gasteiger partial charge in [-0.3, -0.25) is 9.59 Å². The molecule has 0 aliphatic rings. The first-order chi connectivity index (χ1) is 28.0. The number of carbonyl (C=O) groups is 2. The number of aliphatic hydroxyl groups excluding tert-OH is 2. The van der Waals surface area contributed by atoms with Gasteiger partial charge in [-0.2, -0.15) is 0 Å². The molecule has 2 unspecified atom stereocenters. The minimum Gasteiger partial charge on any atom is -0.466 e. The van der Waals surface area contributed by atoms with E-state index >= 15 is 0 Å². The van der Waals surface area contributed by atoms with E-state index in [-0.39, 0.29) is 18.5 Å². The van der Waals surface area contributed by atoms with Crippen LogP contribution in [0.2, 0.25) is 0 Å². The molecular formula is C51H95NO5. The van der Waals surface area contributed by atoms with Gasteiger partial charge in [-0.25, -0.2) is 0 Å². The smallest absolute Gasteiger partial charge is 0.305 e. The topological polar surface area (TPSA) is 95.9 Å². The van der Waals surface area contributed by atoms with E-state index in [1.807, 2.05) is 0 Å². The number of esters is 1. The fourth-order valence-corrected chi connectivity index (χ4v) is 7.31. The average Bonchev–Trinajstić information content (AvgIpc) is 3.21. The molecule has 0 aliphatic carbocycles. The van der Waals surface area contributed by atoms with E-state index in [2.05, 4.69) is 55.6 Å². The molecule has 0 bridgehead atoms. The summed E-state index contributed by atoms with van der Waals surface area (Å²) in [6.45, 7) is 4.82. The molecule has 6 heteroatoms. The number of rotatable bonds is 45. The van der Waals surface area contributed by atoms with Crippen LogP contribution in [0.4, 0.5) is 0 Å². The van der Waals surface area contributed by atoms with Gasteiger partial charge in [-0.1, -0.05) is 192 Å². The zero-order chi connectivity index (χ0) is 41.5. The third-order valence-electron chi connectivity index (χ3n) is 11.2. The van der Waals surface area contributed by atoms with Gasteiger partial charge in [0.2, 0.25) is 5.91 Å². The summed E-state index contributed by atoms with van der Waals surface area (Å²) in [5.41, 5.74) is 0. The second-order valence-electron chi connectivity index (χ2n) is 16.8. The SMILES string of the molecule is CCCCC/C=C\C/C=C\CCCCCCCCCC(=O)OCCCC/C=C\CCCCCCC(=O)NC(CO)C(O)CCCCCCCCCCCCCCC. The molecule has 0 aromatic carbocycles. The molecule has 6 nitrogen and oxygen atoms in total. The Morgan fingerprint density at radius 2 is 0.877 bits per heavy atom. The fourth-order valence-electron chi connectivity index (χ4n) is 7.31. The summed E-state index contributed by atoms with van der Waals surface area (Å²) in [7, 11) is 0. The maximum atomic E-state index is 12.4. The zero-order valence-electron chi connectivity index (χ0n) is 37.8. The number of allylic oxidation sites excluding steroid dienone is 6. The number of hydrogen-bond acceptors (Lipinski definition) is 5. The summed E-state index contributed by atoms with van der Waals surface area (Å²) in [6.07, 6.45) is 55.4. The van der Waals surface area contributed by atoms with Crippen molar-refractivity contribution < 1.29 is 24.5 Å². The van der Waals surface area contributed by atoms with Crippen molar-refractivity contribution >= 4 is 11.9 Å². The number of ether oxygens (including phenoxy) is 1. The van der Waals surface area contributed by atoms with Crippen LogP contribution in [-0.4, -0.2) is 47.4 Å². The highest BCUT2D eigenvalue weighted by atomic mass is 16.5. The van der Waals surface area contributed by atoms with Gasteiger partial charge in [0, 0.05) is 12.8 Å². The Hall–Kier alpha value is -1.92. The van der Waals surface area contributed by atoms with Crippen molar-refractivity contribution in [1.82, 2.24) is 5.32 Å². The van der Waals surface area contributed by atoms with Gasteiger partial charge in [0.15, 0.2) is 0 Å². The Bertz CT molecular complexity index is 931. The maximum absolute atomic E-state index is 12.4. The third kappa shape index (κ3) is 43.5. The van der Waals surface area contributed by atoms with Crippen LogP contribution in [0.5, 0.6) is 0 Å². The summed E-state index contributed by atoms with van der Waals surface area (Å²) in [4.78, 5) is 24.4. The van der Waals surface area contributed by atoms with E-state index in [0.717, 1.165) is 83.5 Å². The van der Waals surface area contributed by atoms with Crippen LogP contribution < -0.4 is 5.32 Å². The summed E-state index contributed by atoms with van der Waals surface area (Å²) < 4.78 is 5.43. The van der Waals surface area contributed by atoms with Crippen LogP contribution in [0.3, 0.4) is 0 Å². The Morgan fingerprint density at radius 3 is 1.39 bits per heavy atom. The second-order valence-corrected chi connectivity index (χ2v) is 16.8. The molecule has 0 aromatic heterocycles. The van der Waals surface area contributed by atoms with E-state index in [1.165, 1.54) is 135 Å². The molecule has 0 saturated heterocycles. The van der Waals surface area contributed by atoms with Crippen molar-refractivity contribution in [2.75, 3.05) is 13.2 Å². The number of aliphatic hydroxyl groups is 2. The molecule has 57 heavy (non-hydrogen) atoms. The predicted octanol–water partition coefficient (Wildman–Crippen LogP) is 14.5. The molecule has 3 N–H and O–H groups in total. The normalized spacial score (nSPS) is 13.0. The van der Waals surface area contributed by atoms with Crippen molar-refractivity contribution in [3.05, 3.63) is 36.5 Å². The lowest BCUT2D eigenvalue weighted by Gasteiger charge is -2.22. The molecule has 1 amide bonds. The number of hydrogen-bond donors (Lipinski definition) is 3. The van der Waals surface area contributed by atoms with Crippen molar-refractivity contribution in [1.29, 1.82) is 0 Å². The molecule has 334 valence electrons. The predicted molar refractivity (Wildman–Crippen MR) is 246 cm³/mol. The Kier molecular flexibility index (Phi) is 45.2. The van der Waals surface area contributed by atoms with Crippen molar-refractivity contribution in [3.8, 4) is 0 Å². The largest absolute Gasteiger partial charge is 0.466 e. The minimum absolute atomic E-state index is 0.0448. The van der Waals surface area contributed by atoms with Gasteiger partial charge in [-0.05, 0) is 83.5 Å². The highest BCUT2D eigenvalue weighted by Gasteiger charge is 2.20. The highest BCUT2D eigenvalue weighted by molar-refractivity contribution is 5.76. The Labute approximate surface area is 353 Å². The van der Waals surface area contributed by atoms with Gasteiger partial charge in [0.25, 0.3) is 0 Å². The summed E-state index contributed by atoms with van der Waals surface area (Å²) in [5.74, 6) is -0.118. The number of unbranched alkanes of at least 4 members (excludes halogenated alkanes) is 28. The first-order valence-electron chi connectivity index (χ1n) is 24.7. The van der Waals surface area contributed by atoms with Crippen LogP contribution >= 0.6 is 0 Å². The average molecular weight is 802 g/mol. The van der Waals surface area contributed by atoms with E-state index in [4.69, 9.17) is 4.74 Å². The first-order valence-corrected chi connectivity index (χ1v) is 24.7. The van der Waals surface area contributed by atoms with E-state index in [9.17, 15) is 19.8 Å². The number of nitrogens with one attached hydrogen (secondary N) is 1. The van der Waals surface area contributed by atoms with Gasteiger partial charge >= 0.3 is 5.97 Å². The molecule has 0 heterocycles. The van der Waals surface area contributed by atoms with Crippen LogP contribution in [0, 0.1) is 0 Å². The Morgan fingerprint density at radius 1 is 0.491 bits per heavy atom. The molecule has 0 saturated carbocycles. The molecule has 0 fully saturated rings. The van der Waals surface area contributed by atoms with Crippen molar-refractivity contribution in [3.63, 3.8) is 0 Å². The quantitative estimate of drug-likeness (QED) is 0.0324. The van der Waals surface area contributed by atoms with Crippen molar-refractivity contribution in [2.45, 2.75) is 264 Å². The van der Waals surface area contributed by atoms with E-state index < -0.39 is 12.1 Å². The maximum Gasteiger partial charge on any atom is 0.305 e. The van der Waals surface area contributed by atoms with E-state index in [0.29, 0.717) is 25.9 Å². The third-order valence-corrected chi connectivity index (χ3v) is 11.2. The number of amides is 1. The van der Waals surface area contributed by atoms with E-state index in [1.54, 1.807) is 0 Å². The first kappa shape index (κ1) is 55.1. The van der Waals surface area contributed by atoms with Crippen LogP contribution in [0.15, 0.2) is 36.5 Å². The van der Waals surface area contributed by atoms with Gasteiger partial charge in [-0.15, -0.1) is 0 Å². The van der Waals surface area contributed by atoms with Crippen LogP contribution in [-0.2, 0) is 14.3 Å². The Balaban J connectivity index is 3.54. The lowest BCUT2D eigenvalue weighted by atomic mass is 10.0. The van der Waals surface area contributed by atoms with Crippen LogP contribution in [0.25, 0.3) is 0 Å². The van der Waals surface area contributed by atoms with Crippen molar-refractivity contribution in [2.24, 2.45) is 0 Å². The zero-order valence-corrected chi connectivity index (χ0v) is 37.8. The lowest BCUT2D eigenvalue weighted by molar-refractivity contribution is -0.143. The molecule has 0 aromatic rings. The van der Waals surface area contributed by atoms with Gasteiger partial charge in [0.05, 0.1) is 25.4 Å². The molecule has 2 atom stereocenters. The van der Waals surface area contributed by atoms with Gasteiger partial charge < -0.3 is 20.3 Å². The fraction of sp³-hybridized carbons (Fsp3) is 0.843. The molecule has 0 radical (unpaired) electrons. The van der Waals surface area contributed by atoms with Crippen LogP contribution in [0.1, 0.15) is 251 Å². The lowest BCUT2D eigenvalue weighted by Crippen LogP contribution is -2.45. The monoisotopic (exact) mass is 802 g/mol. The summed E-state index contributed by atoms with van der Waals surface area (Å²) >= 11 is 0. The molecular weight excluding hydrogens is 707 g/mol. The van der Waals surface area contributed by atoms with Gasteiger partial charge in [0.1, 0.15) is 0 Å². The molecule has 0 spiro atoms. The second kappa shape index (κ2) is 46.8. The standard InChI is InChI=1S/C51H95NO5/c1-3-5-7-9-11-13-15-17-18-19-20-22-24-29-33-37-41-45-51(56)57-46-42-38-34-30-26-25-28-32-36-40-44-50(55)52-48(47-53)49(54)43-39-35-31-27-23-21-16-14-12-10-8-6-4-2/h11,13,17-18,26,30,48-49,53-54H,3-10,12,14-16,19-25,27-29,31-47H2,1-2H3,(H,52,55)/b13-11-,18-17-,30-26-. The number of carbonyl (C=O) groups excluding carboxylic acids is 2. The molecule has 0 rings (SSSR count). The molecule has 0 aliphatic heterocycles. The highest BCUT2D eigenvalue weighted by Crippen LogP contribution is 2.15.